The first kappa shape index (κ1) is 21.8. The molecule has 3 N–H and O–H groups in total. The Labute approximate surface area is 180 Å². The summed E-state index contributed by atoms with van der Waals surface area (Å²) in [5.74, 6) is -0.971. The molecule has 0 aromatic heterocycles. The average molecular weight is 436 g/mol. The van der Waals surface area contributed by atoms with Gasteiger partial charge in [-0.05, 0) is 55.0 Å². The van der Waals surface area contributed by atoms with Crippen molar-refractivity contribution in [1.29, 1.82) is 0 Å². The van der Waals surface area contributed by atoms with Gasteiger partial charge in [-0.3, -0.25) is 25.2 Å². The topological polar surface area (TPSA) is 104 Å². The fraction of sp³-hybridized carbons (Fsp3) is 0.0435. The lowest BCUT2D eigenvalue weighted by Crippen LogP contribution is -2.41. The first-order valence-electron chi connectivity index (χ1n) is 9.36. The van der Waals surface area contributed by atoms with E-state index in [1.54, 1.807) is 36.4 Å². The normalized spacial score (nSPS) is 11.1. The number of hydrogen-bond donors (Lipinski definition) is 3. The lowest BCUT2D eigenvalue weighted by molar-refractivity contribution is 0.0846. The maximum atomic E-state index is 12.2. The van der Waals surface area contributed by atoms with Crippen LogP contribution in [-0.2, 0) is 10.0 Å². The molecule has 7 nitrogen and oxygen atoms in total. The molecule has 0 aliphatic rings. The number of hydrogen-bond acceptors (Lipinski definition) is 4. The maximum Gasteiger partial charge on any atom is 0.269 e. The molecule has 8 heteroatoms. The molecule has 0 atom stereocenters. The number of carbonyl (C=O) groups excluding carboxylic acids is 2. The minimum Gasteiger partial charge on any atom is -0.280 e. The van der Waals surface area contributed by atoms with E-state index in [0.29, 0.717) is 11.3 Å². The van der Waals surface area contributed by atoms with Gasteiger partial charge in [0.25, 0.3) is 21.8 Å². The van der Waals surface area contributed by atoms with Gasteiger partial charge in [0.05, 0.1) is 5.41 Å². The molecule has 0 saturated carbocycles. The first-order chi connectivity index (χ1) is 14.8. The summed E-state index contributed by atoms with van der Waals surface area (Å²) >= 11 is 0. The molecule has 0 unspecified atom stereocenters. The van der Waals surface area contributed by atoms with Crippen LogP contribution in [0.1, 0.15) is 31.8 Å². The number of rotatable bonds is 6. The highest BCUT2D eigenvalue weighted by Crippen LogP contribution is 2.13. The van der Waals surface area contributed by atoms with Gasteiger partial charge in [-0.2, -0.15) is 0 Å². The van der Waals surface area contributed by atoms with Crippen molar-refractivity contribution >= 4 is 33.6 Å². The number of sulfonamides is 1. The number of amides is 2. The highest BCUT2D eigenvalue weighted by Gasteiger charge is 2.10. The summed E-state index contributed by atoms with van der Waals surface area (Å²) in [5, 5.41) is 1.07. The second-order valence-corrected chi connectivity index (χ2v) is 8.28. The van der Waals surface area contributed by atoms with Crippen LogP contribution in [0, 0.1) is 6.92 Å². The molecule has 3 aromatic carbocycles. The van der Waals surface area contributed by atoms with Gasteiger partial charge in [0, 0.05) is 16.8 Å². The van der Waals surface area contributed by atoms with Crippen LogP contribution in [-0.4, -0.2) is 20.2 Å². The van der Waals surface area contributed by atoms with Crippen LogP contribution in [0.15, 0.2) is 84.3 Å². The van der Waals surface area contributed by atoms with Gasteiger partial charge in [0.2, 0.25) is 0 Å². The largest absolute Gasteiger partial charge is 0.280 e. The maximum absolute atomic E-state index is 12.2. The Bertz CT molecular complexity index is 1190. The molecule has 158 valence electrons. The molecule has 0 radical (unpaired) electrons. The summed E-state index contributed by atoms with van der Waals surface area (Å²) in [4.78, 5) is 24.3. The summed E-state index contributed by atoms with van der Waals surface area (Å²) in [6.45, 7) is 1.91. The Balaban J connectivity index is 1.56. The van der Waals surface area contributed by atoms with E-state index in [9.17, 15) is 18.0 Å². The Morgan fingerprint density at radius 1 is 0.742 bits per heavy atom. The summed E-state index contributed by atoms with van der Waals surface area (Å²) < 4.78 is 26.8. The molecular weight excluding hydrogens is 414 g/mol. The van der Waals surface area contributed by atoms with Crippen LogP contribution in [0.2, 0.25) is 0 Å². The summed E-state index contributed by atoms with van der Waals surface area (Å²) in [5.41, 5.74) is 7.43. The minimum absolute atomic E-state index is 0.256. The summed E-state index contributed by atoms with van der Waals surface area (Å²) in [6.07, 6.45) is 1.49. The average Bonchev–Trinajstić information content (AvgIpc) is 2.77. The van der Waals surface area contributed by atoms with Crippen LogP contribution in [0.25, 0.3) is 6.08 Å². The van der Waals surface area contributed by atoms with Gasteiger partial charge in [0.1, 0.15) is 0 Å². The second kappa shape index (κ2) is 9.73. The third-order valence-corrected chi connectivity index (χ3v) is 5.26. The van der Waals surface area contributed by atoms with Crippen LogP contribution in [0.5, 0.6) is 0 Å². The molecule has 0 bridgehead atoms. The monoisotopic (exact) mass is 435 g/mol. The molecule has 0 aliphatic carbocycles. The van der Waals surface area contributed by atoms with E-state index in [1.165, 1.54) is 30.3 Å². The Morgan fingerprint density at radius 3 is 1.81 bits per heavy atom. The zero-order chi connectivity index (χ0) is 22.3. The van der Waals surface area contributed by atoms with Crippen LogP contribution in [0.3, 0.4) is 0 Å². The second-order valence-electron chi connectivity index (χ2n) is 6.71. The molecule has 0 saturated heterocycles. The van der Waals surface area contributed by atoms with Crippen molar-refractivity contribution in [1.82, 2.24) is 10.9 Å². The summed E-state index contributed by atoms with van der Waals surface area (Å²) in [6, 6.07) is 21.8. The van der Waals surface area contributed by atoms with E-state index in [4.69, 9.17) is 0 Å². The van der Waals surface area contributed by atoms with Gasteiger partial charge < -0.3 is 0 Å². The third kappa shape index (κ3) is 6.55. The van der Waals surface area contributed by atoms with Crippen LogP contribution < -0.4 is 15.6 Å². The minimum atomic E-state index is -3.71. The van der Waals surface area contributed by atoms with Crippen molar-refractivity contribution < 1.29 is 18.0 Å². The summed E-state index contributed by atoms with van der Waals surface area (Å²) in [7, 11) is -3.71. The standard InChI is InChI=1S/C23H21N3O4S/c1-17-7-9-19(10-8-17)22(27)24-25-23(28)20-11-13-21(14-12-20)26-31(29,30)16-15-18-5-3-2-4-6-18/h2-16,26H,1H3,(H,24,27)(H,25,28)/b16-15+. The first-order valence-corrected chi connectivity index (χ1v) is 10.9. The lowest BCUT2D eigenvalue weighted by atomic mass is 10.1. The van der Waals surface area contributed by atoms with E-state index in [2.05, 4.69) is 15.6 Å². The van der Waals surface area contributed by atoms with E-state index in [-0.39, 0.29) is 5.56 Å². The highest BCUT2D eigenvalue weighted by atomic mass is 32.2. The van der Waals surface area contributed by atoms with Crippen LogP contribution in [0.4, 0.5) is 5.69 Å². The number of hydrazine groups is 1. The number of aryl methyl sites for hydroxylation is 1. The smallest absolute Gasteiger partial charge is 0.269 e. The van der Waals surface area contributed by atoms with E-state index < -0.39 is 21.8 Å². The molecule has 2 amide bonds. The number of nitrogens with one attached hydrogen (secondary N) is 3. The Hall–Kier alpha value is -3.91. The molecule has 3 aromatic rings. The lowest BCUT2D eigenvalue weighted by Gasteiger charge is -2.09. The van der Waals surface area contributed by atoms with Crippen LogP contribution >= 0.6 is 0 Å². The van der Waals surface area contributed by atoms with Crippen molar-refractivity contribution in [2.45, 2.75) is 6.92 Å². The molecule has 0 fully saturated rings. The van der Waals surface area contributed by atoms with E-state index >= 15 is 0 Å². The van der Waals surface area contributed by atoms with Gasteiger partial charge in [-0.25, -0.2) is 8.42 Å². The van der Waals surface area contributed by atoms with Crippen molar-refractivity contribution in [2.24, 2.45) is 0 Å². The SMILES string of the molecule is Cc1ccc(C(=O)NNC(=O)c2ccc(NS(=O)(=O)/C=C/c3ccccc3)cc2)cc1. The fourth-order valence-electron chi connectivity index (χ4n) is 2.58. The van der Waals surface area contributed by atoms with Gasteiger partial charge >= 0.3 is 0 Å². The zero-order valence-electron chi connectivity index (χ0n) is 16.7. The van der Waals surface area contributed by atoms with Crippen molar-refractivity contribution in [2.75, 3.05) is 4.72 Å². The number of anilines is 1. The highest BCUT2D eigenvalue weighted by molar-refractivity contribution is 7.95. The van der Waals surface area contributed by atoms with Gasteiger partial charge in [-0.15, -0.1) is 0 Å². The predicted octanol–water partition coefficient (Wildman–Crippen LogP) is 3.48. The van der Waals surface area contributed by atoms with Gasteiger partial charge in [0.15, 0.2) is 0 Å². The fourth-order valence-corrected chi connectivity index (χ4v) is 3.45. The van der Waals surface area contributed by atoms with Crippen molar-refractivity contribution in [3.8, 4) is 0 Å². The number of carbonyl (C=O) groups is 2. The van der Waals surface area contributed by atoms with E-state index in [1.807, 2.05) is 25.1 Å². The number of benzene rings is 3. The molecule has 0 spiro atoms. The van der Waals surface area contributed by atoms with E-state index in [0.717, 1.165) is 16.5 Å². The molecular formula is C23H21N3O4S. The third-order valence-electron chi connectivity index (χ3n) is 4.25. The predicted molar refractivity (Wildman–Crippen MR) is 121 cm³/mol. The molecule has 0 heterocycles. The molecule has 31 heavy (non-hydrogen) atoms. The Morgan fingerprint density at radius 2 is 1.26 bits per heavy atom. The molecule has 3 rings (SSSR count). The Kier molecular flexibility index (Phi) is 6.84. The van der Waals surface area contributed by atoms with Gasteiger partial charge in [-0.1, -0.05) is 48.0 Å². The quantitative estimate of drug-likeness (QED) is 0.516. The molecule has 0 aliphatic heterocycles. The zero-order valence-corrected chi connectivity index (χ0v) is 17.5. The van der Waals surface area contributed by atoms with Crippen molar-refractivity contribution in [3.05, 3.63) is 107 Å². The van der Waals surface area contributed by atoms with Crippen molar-refractivity contribution in [3.63, 3.8) is 0 Å².